The van der Waals surface area contributed by atoms with Crippen LogP contribution in [0.25, 0.3) is 0 Å². The van der Waals surface area contributed by atoms with Crippen molar-refractivity contribution in [1.82, 2.24) is 0 Å². The number of Topliss-reactive ketones (excluding diaryl/α,β-unsaturated/α-hetero) is 1. The van der Waals surface area contributed by atoms with E-state index in [1.54, 1.807) is 24.3 Å². The van der Waals surface area contributed by atoms with Gasteiger partial charge in [0.1, 0.15) is 0 Å². The zero-order valence-corrected chi connectivity index (χ0v) is 24.6. The summed E-state index contributed by atoms with van der Waals surface area (Å²) in [5, 5.41) is 0. The van der Waals surface area contributed by atoms with Gasteiger partial charge in [0.15, 0.2) is 6.61 Å². The van der Waals surface area contributed by atoms with Gasteiger partial charge in [-0.05, 0) is 65.9 Å². The Bertz CT molecular complexity index is 1800. The SMILES string of the molecule is Cc1ccc(C)c(C(=O)COC(=O)c2cccc(N3C(=O)C4C5c6ccccc6C(Br)(c6ccccc65)C4C3=O)c2)c1. The molecule has 0 spiro atoms. The smallest absolute Gasteiger partial charge is 0.338 e. The largest absolute Gasteiger partial charge is 0.454 e. The monoisotopic (exact) mass is 619 g/mol. The van der Waals surface area contributed by atoms with Gasteiger partial charge in [0.2, 0.25) is 17.6 Å². The number of ketones is 1. The van der Waals surface area contributed by atoms with Crippen LogP contribution in [0.3, 0.4) is 0 Å². The quantitative estimate of drug-likeness (QED) is 0.114. The number of ether oxygens (including phenoxy) is 1. The number of amides is 2. The lowest BCUT2D eigenvalue weighted by atomic mass is 9.55. The molecule has 42 heavy (non-hydrogen) atoms. The molecule has 8 rings (SSSR count). The van der Waals surface area contributed by atoms with Crippen molar-refractivity contribution < 1.29 is 23.9 Å². The molecule has 4 aliphatic rings. The highest BCUT2D eigenvalue weighted by molar-refractivity contribution is 9.09. The van der Waals surface area contributed by atoms with Crippen LogP contribution in [-0.2, 0) is 18.7 Å². The zero-order chi connectivity index (χ0) is 29.3. The van der Waals surface area contributed by atoms with E-state index in [9.17, 15) is 19.2 Å². The number of hydrogen-bond acceptors (Lipinski definition) is 5. The number of carbonyl (C=O) groups excluding carboxylic acids is 4. The fourth-order valence-corrected chi connectivity index (χ4v) is 8.24. The van der Waals surface area contributed by atoms with Crippen molar-refractivity contribution >= 4 is 45.2 Å². The summed E-state index contributed by atoms with van der Waals surface area (Å²) >= 11 is 4.00. The highest BCUT2D eigenvalue weighted by Crippen LogP contribution is 2.66. The van der Waals surface area contributed by atoms with Gasteiger partial charge < -0.3 is 4.74 Å². The number of hydrogen-bond donors (Lipinski definition) is 0. The second-order valence-corrected chi connectivity index (χ2v) is 12.5. The van der Waals surface area contributed by atoms with Crippen molar-refractivity contribution in [3.8, 4) is 0 Å². The Kier molecular flexibility index (Phi) is 6.06. The van der Waals surface area contributed by atoms with E-state index in [0.29, 0.717) is 11.3 Å². The minimum absolute atomic E-state index is 0.153. The predicted octanol–water partition coefficient (Wildman–Crippen LogP) is 6.25. The number of alkyl halides is 1. The van der Waals surface area contributed by atoms with Crippen molar-refractivity contribution in [1.29, 1.82) is 0 Å². The molecule has 2 bridgehead atoms. The third kappa shape index (κ3) is 3.69. The van der Waals surface area contributed by atoms with Crippen LogP contribution < -0.4 is 4.90 Å². The van der Waals surface area contributed by atoms with Gasteiger partial charge in [-0.1, -0.05) is 88.2 Å². The maximum absolute atomic E-state index is 14.2. The molecule has 208 valence electrons. The molecule has 2 atom stereocenters. The summed E-state index contributed by atoms with van der Waals surface area (Å²) in [6.45, 7) is 3.31. The molecule has 2 unspecified atom stereocenters. The average molecular weight is 620 g/mol. The molecule has 4 aromatic carbocycles. The number of rotatable bonds is 5. The summed E-state index contributed by atoms with van der Waals surface area (Å²) < 4.78 is 4.51. The summed E-state index contributed by atoms with van der Waals surface area (Å²) in [5.41, 5.74) is 6.80. The Balaban J connectivity index is 1.19. The molecule has 1 aliphatic heterocycles. The summed E-state index contributed by atoms with van der Waals surface area (Å²) in [6, 6.07) is 27.8. The zero-order valence-electron chi connectivity index (χ0n) is 23.0. The van der Waals surface area contributed by atoms with Crippen LogP contribution in [0.2, 0.25) is 0 Å². The summed E-state index contributed by atoms with van der Waals surface area (Å²) in [6.07, 6.45) is 0. The second kappa shape index (κ2) is 9.60. The third-order valence-electron chi connectivity index (χ3n) is 8.88. The lowest BCUT2D eigenvalue weighted by molar-refractivity contribution is -0.122. The van der Waals surface area contributed by atoms with E-state index in [0.717, 1.165) is 33.4 Å². The van der Waals surface area contributed by atoms with Gasteiger partial charge in [0.05, 0.1) is 27.4 Å². The Labute approximate surface area is 251 Å². The van der Waals surface area contributed by atoms with Crippen LogP contribution in [0.1, 0.15) is 60.0 Å². The van der Waals surface area contributed by atoms with Crippen molar-refractivity contribution in [2.45, 2.75) is 24.1 Å². The van der Waals surface area contributed by atoms with Crippen LogP contribution in [0, 0.1) is 25.7 Å². The Morgan fingerprint density at radius 1 is 0.833 bits per heavy atom. The summed E-state index contributed by atoms with van der Waals surface area (Å²) in [7, 11) is 0. The third-order valence-corrected chi connectivity index (χ3v) is 10.2. The minimum atomic E-state index is -0.855. The molecule has 3 aliphatic carbocycles. The Hall–Kier alpha value is -4.36. The van der Waals surface area contributed by atoms with Crippen LogP contribution >= 0.6 is 15.9 Å². The molecule has 1 saturated heterocycles. The summed E-state index contributed by atoms with van der Waals surface area (Å²) in [4.78, 5) is 55.3. The molecule has 1 fully saturated rings. The van der Waals surface area contributed by atoms with Gasteiger partial charge in [-0.25, -0.2) is 9.69 Å². The Morgan fingerprint density at radius 3 is 2.19 bits per heavy atom. The molecule has 6 nitrogen and oxygen atoms in total. The number of aryl methyl sites for hydroxylation is 2. The molecular formula is C35H26BrNO5. The number of anilines is 1. The van der Waals surface area contributed by atoms with Crippen LogP contribution in [0.5, 0.6) is 0 Å². The maximum atomic E-state index is 14.2. The first kappa shape index (κ1) is 26.5. The van der Waals surface area contributed by atoms with E-state index in [-0.39, 0.29) is 29.1 Å². The highest BCUT2D eigenvalue weighted by Gasteiger charge is 2.67. The molecule has 0 aromatic heterocycles. The number of halogens is 1. The van der Waals surface area contributed by atoms with Gasteiger partial charge in [0.25, 0.3) is 0 Å². The first-order chi connectivity index (χ1) is 20.2. The Morgan fingerprint density at radius 2 is 1.50 bits per heavy atom. The topological polar surface area (TPSA) is 80.8 Å². The van der Waals surface area contributed by atoms with E-state index in [1.165, 1.54) is 11.0 Å². The highest BCUT2D eigenvalue weighted by atomic mass is 79.9. The van der Waals surface area contributed by atoms with Crippen molar-refractivity contribution in [2.75, 3.05) is 11.5 Å². The lowest BCUT2D eigenvalue weighted by Crippen LogP contribution is -2.50. The number of nitrogens with zero attached hydrogens (tertiary/aromatic N) is 1. The number of imide groups is 1. The molecular weight excluding hydrogens is 594 g/mol. The predicted molar refractivity (Wildman–Crippen MR) is 161 cm³/mol. The number of carbonyl (C=O) groups is 4. The van der Waals surface area contributed by atoms with E-state index in [2.05, 4.69) is 15.9 Å². The van der Waals surface area contributed by atoms with Crippen LogP contribution in [-0.4, -0.2) is 30.2 Å². The number of benzene rings is 4. The standard InChI is InChI=1S/C35H26BrNO5/c1-19-14-15-20(2)25(16-19)28(38)18-42-34(41)21-8-7-9-22(17-21)37-32(39)30-29-23-10-3-5-12-26(23)35(36,31(30)33(37)40)27-13-6-4-11-24(27)29/h3-17,29-31H,18H2,1-2H3. The molecule has 0 saturated carbocycles. The van der Waals surface area contributed by atoms with Crippen molar-refractivity contribution in [3.05, 3.63) is 136 Å². The average Bonchev–Trinajstić information content (AvgIpc) is 3.28. The van der Waals surface area contributed by atoms with E-state index >= 15 is 0 Å². The lowest BCUT2D eigenvalue weighted by Gasteiger charge is -2.51. The van der Waals surface area contributed by atoms with Gasteiger partial charge in [-0.3, -0.25) is 14.4 Å². The first-order valence-electron chi connectivity index (χ1n) is 13.8. The fraction of sp³-hybridized carbons (Fsp3) is 0.200. The molecule has 0 radical (unpaired) electrons. The summed E-state index contributed by atoms with van der Waals surface area (Å²) in [5.74, 6) is -3.11. The van der Waals surface area contributed by atoms with E-state index < -0.39 is 28.7 Å². The molecule has 7 heteroatoms. The van der Waals surface area contributed by atoms with E-state index in [1.807, 2.05) is 74.5 Å². The minimum Gasteiger partial charge on any atom is -0.454 e. The normalized spacial score (nSPS) is 23.3. The van der Waals surface area contributed by atoms with Crippen LogP contribution in [0.15, 0.2) is 91.0 Å². The fourth-order valence-electron chi connectivity index (χ4n) is 7.03. The maximum Gasteiger partial charge on any atom is 0.338 e. The molecule has 0 N–H and O–H groups in total. The van der Waals surface area contributed by atoms with Crippen LogP contribution in [0.4, 0.5) is 5.69 Å². The van der Waals surface area contributed by atoms with Crippen molar-refractivity contribution in [2.24, 2.45) is 11.8 Å². The molecule has 1 heterocycles. The van der Waals surface area contributed by atoms with Gasteiger partial charge in [0, 0.05) is 11.5 Å². The van der Waals surface area contributed by atoms with Gasteiger partial charge >= 0.3 is 5.97 Å². The van der Waals surface area contributed by atoms with E-state index in [4.69, 9.17) is 4.74 Å². The van der Waals surface area contributed by atoms with Gasteiger partial charge in [-0.15, -0.1) is 0 Å². The number of esters is 1. The molecule has 2 amide bonds. The van der Waals surface area contributed by atoms with Gasteiger partial charge in [-0.2, -0.15) is 0 Å². The van der Waals surface area contributed by atoms with Crippen molar-refractivity contribution in [3.63, 3.8) is 0 Å². The molecule has 4 aromatic rings. The first-order valence-corrected chi connectivity index (χ1v) is 14.6. The second-order valence-electron chi connectivity index (χ2n) is 11.2.